The normalized spacial score (nSPS) is 11.7. The fraction of sp³-hybridized carbons (Fsp3) is 0.333. The molecule has 6 nitrogen and oxygen atoms in total. The molecular formula is C12H14FNO5. The molecule has 0 radical (unpaired) electrons. The molecule has 1 amide bonds. The van der Waals surface area contributed by atoms with Gasteiger partial charge in [-0.25, -0.2) is 9.18 Å². The zero-order valence-electron chi connectivity index (χ0n) is 10.2. The Morgan fingerprint density at radius 1 is 1.47 bits per heavy atom. The average molecular weight is 271 g/mol. The number of rotatable bonds is 6. The van der Waals surface area contributed by atoms with Gasteiger partial charge in [-0.2, -0.15) is 0 Å². The first-order valence-corrected chi connectivity index (χ1v) is 5.47. The number of hydrogen-bond acceptors (Lipinski definition) is 4. The molecule has 19 heavy (non-hydrogen) atoms. The van der Waals surface area contributed by atoms with Crippen LogP contribution >= 0.6 is 0 Å². The number of benzene rings is 1. The van der Waals surface area contributed by atoms with Crippen LogP contribution in [0.3, 0.4) is 0 Å². The summed E-state index contributed by atoms with van der Waals surface area (Å²) in [5.41, 5.74) is -0.287. The van der Waals surface area contributed by atoms with Crippen molar-refractivity contribution in [3.05, 3.63) is 29.6 Å². The molecule has 0 aromatic heterocycles. The van der Waals surface area contributed by atoms with Gasteiger partial charge < -0.3 is 20.3 Å². The predicted molar refractivity (Wildman–Crippen MR) is 63.5 cm³/mol. The maximum Gasteiger partial charge on any atom is 0.326 e. The first kappa shape index (κ1) is 14.9. The summed E-state index contributed by atoms with van der Waals surface area (Å²) in [6.07, 6.45) is -0.154. The Balaban J connectivity index is 2.85. The molecule has 0 saturated carbocycles. The van der Waals surface area contributed by atoms with Crippen molar-refractivity contribution in [1.29, 1.82) is 0 Å². The van der Waals surface area contributed by atoms with E-state index < -0.39 is 30.3 Å². The molecule has 3 N–H and O–H groups in total. The highest BCUT2D eigenvalue weighted by Gasteiger charge is 2.21. The Hall–Kier alpha value is -2.15. The lowest BCUT2D eigenvalue weighted by molar-refractivity contribution is -0.139. The van der Waals surface area contributed by atoms with Crippen LogP contribution in [0, 0.1) is 5.82 Å². The quantitative estimate of drug-likeness (QED) is 0.696. The van der Waals surface area contributed by atoms with Crippen LogP contribution in [0.2, 0.25) is 0 Å². The van der Waals surface area contributed by atoms with Crippen molar-refractivity contribution in [3.63, 3.8) is 0 Å². The van der Waals surface area contributed by atoms with E-state index in [0.29, 0.717) is 0 Å². The fourth-order valence-corrected chi connectivity index (χ4v) is 1.43. The van der Waals surface area contributed by atoms with E-state index in [2.05, 4.69) is 5.32 Å². The number of aliphatic hydroxyl groups is 1. The Morgan fingerprint density at radius 2 is 2.16 bits per heavy atom. The fourth-order valence-electron chi connectivity index (χ4n) is 1.43. The largest absolute Gasteiger partial charge is 0.497 e. The second-order valence-corrected chi connectivity index (χ2v) is 3.72. The van der Waals surface area contributed by atoms with E-state index in [-0.39, 0.29) is 17.7 Å². The molecule has 0 aliphatic heterocycles. The highest BCUT2D eigenvalue weighted by molar-refractivity contribution is 5.96. The van der Waals surface area contributed by atoms with Gasteiger partial charge in [-0.3, -0.25) is 4.79 Å². The highest BCUT2D eigenvalue weighted by Crippen LogP contribution is 2.16. The van der Waals surface area contributed by atoms with Gasteiger partial charge in [0, 0.05) is 19.1 Å². The second kappa shape index (κ2) is 6.69. The number of aliphatic hydroxyl groups excluding tert-OH is 1. The number of methoxy groups -OCH3 is 1. The van der Waals surface area contributed by atoms with Crippen LogP contribution in [0.1, 0.15) is 16.8 Å². The smallest absolute Gasteiger partial charge is 0.326 e. The summed E-state index contributed by atoms with van der Waals surface area (Å²) in [4.78, 5) is 22.5. The van der Waals surface area contributed by atoms with E-state index in [1.807, 2.05) is 0 Å². The highest BCUT2D eigenvalue weighted by atomic mass is 19.1. The number of hydrogen-bond donors (Lipinski definition) is 3. The van der Waals surface area contributed by atoms with E-state index in [1.54, 1.807) is 0 Å². The average Bonchev–Trinajstić information content (AvgIpc) is 2.37. The van der Waals surface area contributed by atoms with Crippen LogP contribution in [-0.2, 0) is 4.79 Å². The minimum absolute atomic E-state index is 0.154. The third-order valence-electron chi connectivity index (χ3n) is 2.44. The lowest BCUT2D eigenvalue weighted by atomic mass is 10.1. The monoisotopic (exact) mass is 271 g/mol. The van der Waals surface area contributed by atoms with Crippen molar-refractivity contribution in [2.24, 2.45) is 0 Å². The van der Waals surface area contributed by atoms with Gasteiger partial charge in [-0.15, -0.1) is 0 Å². The number of halogens is 1. The molecule has 1 aromatic rings. The number of ether oxygens (including phenoxy) is 1. The van der Waals surface area contributed by atoms with Gasteiger partial charge >= 0.3 is 5.97 Å². The van der Waals surface area contributed by atoms with Crippen LogP contribution < -0.4 is 10.1 Å². The molecule has 104 valence electrons. The molecule has 0 aliphatic rings. The van der Waals surface area contributed by atoms with Crippen molar-refractivity contribution in [3.8, 4) is 5.75 Å². The van der Waals surface area contributed by atoms with Crippen molar-refractivity contribution in [1.82, 2.24) is 5.32 Å². The van der Waals surface area contributed by atoms with Crippen molar-refractivity contribution in [2.45, 2.75) is 12.5 Å². The molecule has 0 bridgehead atoms. The van der Waals surface area contributed by atoms with E-state index in [4.69, 9.17) is 14.9 Å². The van der Waals surface area contributed by atoms with Crippen molar-refractivity contribution < 1.29 is 28.9 Å². The Morgan fingerprint density at radius 3 is 2.63 bits per heavy atom. The summed E-state index contributed by atoms with van der Waals surface area (Å²) < 4.78 is 18.4. The second-order valence-electron chi connectivity index (χ2n) is 3.72. The van der Waals surface area contributed by atoms with Crippen LogP contribution in [0.25, 0.3) is 0 Å². The first-order chi connectivity index (χ1) is 8.99. The van der Waals surface area contributed by atoms with E-state index in [1.165, 1.54) is 19.2 Å². The summed E-state index contributed by atoms with van der Waals surface area (Å²) in [5, 5.41) is 19.6. The Kier molecular flexibility index (Phi) is 5.25. The minimum Gasteiger partial charge on any atom is -0.497 e. The van der Waals surface area contributed by atoms with Crippen LogP contribution in [-0.4, -0.2) is 41.8 Å². The van der Waals surface area contributed by atoms with E-state index in [0.717, 1.165) is 6.07 Å². The van der Waals surface area contributed by atoms with Gasteiger partial charge in [0.2, 0.25) is 0 Å². The lowest BCUT2D eigenvalue weighted by Gasteiger charge is -2.13. The molecule has 0 fully saturated rings. The van der Waals surface area contributed by atoms with E-state index in [9.17, 15) is 14.0 Å². The van der Waals surface area contributed by atoms with Gasteiger partial charge in [0.15, 0.2) is 0 Å². The predicted octanol–water partition coefficient (Wildman–Crippen LogP) is 0.400. The van der Waals surface area contributed by atoms with E-state index >= 15 is 0 Å². The maximum atomic E-state index is 13.6. The van der Waals surface area contributed by atoms with Gasteiger partial charge in [-0.05, 0) is 12.1 Å². The Labute approximate surface area is 108 Å². The molecule has 0 aliphatic carbocycles. The summed E-state index contributed by atoms with van der Waals surface area (Å²) in [5.74, 6) is -2.72. The number of amides is 1. The number of carboxylic acid groups (broad SMARTS) is 1. The molecule has 1 atom stereocenters. The van der Waals surface area contributed by atoms with Gasteiger partial charge in [-0.1, -0.05) is 0 Å². The summed E-state index contributed by atoms with van der Waals surface area (Å²) in [6, 6.07) is 2.34. The molecule has 1 aromatic carbocycles. The molecule has 1 rings (SSSR count). The van der Waals surface area contributed by atoms with Crippen molar-refractivity contribution >= 4 is 11.9 Å². The Bertz CT molecular complexity index is 477. The maximum absolute atomic E-state index is 13.6. The summed E-state index contributed by atoms with van der Waals surface area (Å²) >= 11 is 0. The molecule has 7 heteroatoms. The van der Waals surface area contributed by atoms with Crippen LogP contribution in [0.15, 0.2) is 18.2 Å². The van der Waals surface area contributed by atoms with Gasteiger partial charge in [0.05, 0.1) is 12.7 Å². The molecule has 0 saturated heterocycles. The topological polar surface area (TPSA) is 95.9 Å². The summed E-state index contributed by atoms with van der Waals surface area (Å²) in [6.45, 7) is -0.400. The number of carboxylic acids is 1. The number of carbonyl (C=O) groups excluding carboxylic acids is 1. The third-order valence-corrected chi connectivity index (χ3v) is 2.44. The van der Waals surface area contributed by atoms with Crippen LogP contribution in [0.4, 0.5) is 4.39 Å². The molecule has 1 unspecified atom stereocenters. The number of nitrogens with one attached hydrogen (secondary N) is 1. The van der Waals surface area contributed by atoms with Crippen LogP contribution in [0.5, 0.6) is 5.75 Å². The molecule has 0 spiro atoms. The number of aliphatic carboxylic acids is 1. The molecular weight excluding hydrogens is 257 g/mol. The van der Waals surface area contributed by atoms with Gasteiger partial charge in [0.25, 0.3) is 5.91 Å². The summed E-state index contributed by atoms with van der Waals surface area (Å²) in [7, 11) is 1.36. The van der Waals surface area contributed by atoms with Crippen molar-refractivity contribution in [2.75, 3.05) is 13.7 Å². The SMILES string of the molecule is COc1ccc(C(=O)NC(CCO)C(=O)O)c(F)c1. The third kappa shape index (κ3) is 3.92. The lowest BCUT2D eigenvalue weighted by Crippen LogP contribution is -2.41. The minimum atomic E-state index is -1.30. The standard InChI is InChI=1S/C12H14FNO5/c1-19-7-2-3-8(9(13)6-7)11(16)14-10(4-5-15)12(17)18/h2-3,6,10,15H,4-5H2,1H3,(H,14,16)(H,17,18). The first-order valence-electron chi connectivity index (χ1n) is 5.47. The molecule has 0 heterocycles. The zero-order valence-corrected chi connectivity index (χ0v) is 10.2. The number of carbonyl (C=O) groups is 2. The van der Waals surface area contributed by atoms with Gasteiger partial charge in [0.1, 0.15) is 17.6 Å². The zero-order chi connectivity index (χ0) is 14.4.